The second-order valence-electron chi connectivity index (χ2n) is 6.78. The van der Waals surface area contributed by atoms with Crippen molar-refractivity contribution < 1.29 is 31.0 Å². The molecule has 0 heterocycles. The van der Waals surface area contributed by atoms with Crippen LogP contribution in [0.3, 0.4) is 0 Å². The van der Waals surface area contributed by atoms with Crippen LogP contribution in [-0.4, -0.2) is 6.71 Å². The zero-order valence-electron chi connectivity index (χ0n) is 14.6. The average Bonchev–Trinajstić information content (AvgIpc) is 2.15. The average molecular weight is 248 g/mol. The van der Waals surface area contributed by atoms with E-state index in [-0.39, 0.29) is 31.0 Å². The van der Waals surface area contributed by atoms with Crippen molar-refractivity contribution in [1.29, 1.82) is 0 Å². The van der Waals surface area contributed by atoms with Crippen LogP contribution < -0.4 is 29.6 Å². The molecule has 0 amide bonds. The summed E-state index contributed by atoms with van der Waals surface area (Å²) in [6.45, 7) is 15.1. The Morgan fingerprint density at radius 3 is 1.06 bits per heavy atom. The van der Waals surface area contributed by atoms with Crippen molar-refractivity contribution in [3.63, 3.8) is 0 Å². The fourth-order valence-electron chi connectivity index (χ4n) is 2.14. The van der Waals surface area contributed by atoms with Gasteiger partial charge in [-0.1, -0.05) is 79.8 Å². The van der Waals surface area contributed by atoms with Gasteiger partial charge in [0.15, 0.2) is 0 Å². The zero-order valence-corrected chi connectivity index (χ0v) is 15.6. The van der Waals surface area contributed by atoms with Gasteiger partial charge in [-0.25, -0.2) is 0 Å². The molecule has 0 aliphatic heterocycles. The summed E-state index contributed by atoms with van der Waals surface area (Å²) < 4.78 is 0. The molecule has 0 aromatic rings. The predicted octanol–water partition coefficient (Wildman–Crippen LogP) is 2.74. The SMILES string of the molecule is CC(C)CCB(CCC(C)C)CCC(C)C.[H-].[Na+]. The zero-order chi connectivity index (χ0) is 12.6. The Morgan fingerprint density at radius 2 is 0.882 bits per heavy atom. The molecule has 0 aromatic carbocycles. The number of rotatable bonds is 9. The third-order valence-corrected chi connectivity index (χ3v) is 3.46. The second kappa shape index (κ2) is 12.1. The molecule has 0 aliphatic carbocycles. The van der Waals surface area contributed by atoms with E-state index >= 15 is 0 Å². The molecule has 17 heavy (non-hydrogen) atoms. The molecule has 0 bridgehead atoms. The first-order valence-electron chi connectivity index (χ1n) is 7.41. The monoisotopic (exact) mass is 248 g/mol. The minimum atomic E-state index is 0. The van der Waals surface area contributed by atoms with Gasteiger partial charge < -0.3 is 1.43 Å². The Labute approximate surface area is 135 Å². The molecule has 0 rings (SSSR count). The first-order chi connectivity index (χ1) is 7.41. The maximum Gasteiger partial charge on any atom is 1.00 e. The molecule has 0 saturated carbocycles. The molecule has 0 aromatic heterocycles. The summed E-state index contributed by atoms with van der Waals surface area (Å²) in [5, 5.41) is 0. The van der Waals surface area contributed by atoms with Crippen LogP contribution in [0.25, 0.3) is 0 Å². The van der Waals surface area contributed by atoms with Crippen LogP contribution in [0.15, 0.2) is 0 Å². The van der Waals surface area contributed by atoms with E-state index < -0.39 is 0 Å². The topological polar surface area (TPSA) is 0 Å². The van der Waals surface area contributed by atoms with Gasteiger partial charge in [-0.15, -0.1) is 0 Å². The van der Waals surface area contributed by atoms with Gasteiger partial charge in [-0.3, -0.25) is 0 Å². The van der Waals surface area contributed by atoms with Crippen molar-refractivity contribution in [1.82, 2.24) is 0 Å². The van der Waals surface area contributed by atoms with Crippen LogP contribution in [0.2, 0.25) is 19.0 Å². The van der Waals surface area contributed by atoms with E-state index in [4.69, 9.17) is 0 Å². The smallest absolute Gasteiger partial charge is 1.00 e. The Morgan fingerprint density at radius 1 is 0.647 bits per heavy atom. The summed E-state index contributed by atoms with van der Waals surface area (Å²) in [4.78, 5) is 0. The van der Waals surface area contributed by atoms with E-state index in [0.717, 1.165) is 24.5 Å². The van der Waals surface area contributed by atoms with E-state index in [2.05, 4.69) is 41.5 Å². The first kappa shape index (κ1) is 20.4. The minimum Gasteiger partial charge on any atom is -1.00 e. The van der Waals surface area contributed by atoms with Gasteiger partial charge in [0.2, 0.25) is 0 Å². The van der Waals surface area contributed by atoms with Crippen molar-refractivity contribution in [3.05, 3.63) is 0 Å². The van der Waals surface area contributed by atoms with Gasteiger partial charge in [0.1, 0.15) is 6.71 Å². The van der Waals surface area contributed by atoms with Crippen LogP contribution in [-0.2, 0) is 0 Å². The molecule has 2 heteroatoms. The van der Waals surface area contributed by atoms with Crippen molar-refractivity contribution in [3.8, 4) is 0 Å². The Balaban J connectivity index is -0.00000112. The summed E-state index contributed by atoms with van der Waals surface area (Å²) in [6.07, 6.45) is 8.62. The van der Waals surface area contributed by atoms with Gasteiger partial charge in [0, 0.05) is 0 Å². The van der Waals surface area contributed by atoms with Gasteiger partial charge >= 0.3 is 29.6 Å². The minimum absolute atomic E-state index is 0. The first-order valence-corrected chi connectivity index (χ1v) is 7.41. The summed E-state index contributed by atoms with van der Waals surface area (Å²) in [5.74, 6) is 2.63. The maximum absolute atomic E-state index is 2.35. The van der Waals surface area contributed by atoms with E-state index in [9.17, 15) is 0 Å². The van der Waals surface area contributed by atoms with Crippen LogP contribution >= 0.6 is 0 Å². The normalized spacial score (nSPS) is 11.1. The Hall–Kier alpha value is 1.06. The van der Waals surface area contributed by atoms with Gasteiger partial charge in [-0.05, 0) is 17.8 Å². The molecule has 0 radical (unpaired) electrons. The van der Waals surface area contributed by atoms with E-state index in [0.29, 0.717) is 0 Å². The quantitative estimate of drug-likeness (QED) is 0.550. The van der Waals surface area contributed by atoms with Crippen LogP contribution in [0.5, 0.6) is 0 Å². The van der Waals surface area contributed by atoms with E-state index in [1.807, 2.05) is 0 Å². The molecule has 0 saturated heterocycles. The molecule has 0 N–H and O–H groups in total. The van der Waals surface area contributed by atoms with Crippen molar-refractivity contribution in [2.45, 2.75) is 79.8 Å². The molecule has 0 nitrogen and oxygen atoms in total. The van der Waals surface area contributed by atoms with Crippen LogP contribution in [0.4, 0.5) is 0 Å². The third kappa shape index (κ3) is 15.0. The molecule has 0 atom stereocenters. The summed E-state index contributed by atoms with van der Waals surface area (Å²) in [7, 11) is 0. The molecule has 0 aliphatic rings. The fourth-order valence-corrected chi connectivity index (χ4v) is 2.14. The fraction of sp³-hybridized carbons (Fsp3) is 1.00. The van der Waals surface area contributed by atoms with Crippen LogP contribution in [0, 0.1) is 17.8 Å². The van der Waals surface area contributed by atoms with Crippen molar-refractivity contribution in [2.24, 2.45) is 17.8 Å². The Bertz CT molecular complexity index is 132. The largest absolute Gasteiger partial charge is 1.00 e. The third-order valence-electron chi connectivity index (χ3n) is 3.46. The number of hydrogen-bond acceptors (Lipinski definition) is 0. The molecule has 0 unspecified atom stereocenters. The molecule has 0 fully saturated rings. The molecule has 98 valence electrons. The summed E-state index contributed by atoms with van der Waals surface area (Å²) >= 11 is 0. The standard InChI is InChI=1S/C15H33B.Na.H/c1-13(2)7-10-16(11-8-14(3)4)12-9-15(5)6;;/h13-15H,7-12H2,1-6H3;;/q;+1;-1. The summed E-state index contributed by atoms with van der Waals surface area (Å²) in [6, 6.07) is 0. The summed E-state index contributed by atoms with van der Waals surface area (Å²) in [5.41, 5.74) is 0. The second-order valence-corrected chi connectivity index (χ2v) is 6.78. The van der Waals surface area contributed by atoms with E-state index in [1.54, 1.807) is 0 Å². The van der Waals surface area contributed by atoms with Crippen molar-refractivity contribution in [2.75, 3.05) is 0 Å². The van der Waals surface area contributed by atoms with Gasteiger partial charge in [-0.2, -0.15) is 0 Å². The van der Waals surface area contributed by atoms with Crippen molar-refractivity contribution >= 4 is 6.71 Å². The molecule has 0 spiro atoms. The van der Waals surface area contributed by atoms with Crippen LogP contribution in [0.1, 0.15) is 62.2 Å². The van der Waals surface area contributed by atoms with Gasteiger partial charge in [0.05, 0.1) is 0 Å². The molecular formula is C15H34BNa. The molecular weight excluding hydrogens is 214 g/mol. The number of hydrogen-bond donors (Lipinski definition) is 0. The van der Waals surface area contributed by atoms with Gasteiger partial charge in [0.25, 0.3) is 0 Å². The Kier molecular flexibility index (Phi) is 14.5. The predicted molar refractivity (Wildman–Crippen MR) is 79.7 cm³/mol. The maximum atomic E-state index is 2.35. The van der Waals surface area contributed by atoms with E-state index in [1.165, 1.54) is 38.2 Å².